The molecule has 70 valence electrons. The van der Waals surface area contributed by atoms with Gasteiger partial charge in [0.05, 0.1) is 0 Å². The van der Waals surface area contributed by atoms with Gasteiger partial charge in [-0.3, -0.25) is 8.77 Å². The highest BCUT2D eigenvalue weighted by Gasteiger charge is 2.08. The monoisotopic (exact) mass is 316 g/mol. The zero-order valence-electron chi connectivity index (χ0n) is 7.40. The fourth-order valence-corrected chi connectivity index (χ4v) is 2.76. The molecule has 0 amide bonds. The Morgan fingerprint density at radius 2 is 2.29 bits per heavy atom. The van der Waals surface area contributed by atoms with Crippen molar-refractivity contribution in [1.29, 1.82) is 0 Å². The minimum atomic E-state index is -0.0247. The van der Waals surface area contributed by atoms with Crippen molar-refractivity contribution in [2.24, 2.45) is 7.05 Å². The van der Waals surface area contributed by atoms with Crippen LogP contribution in [0, 0.1) is 0 Å². The standard InChI is InChI=1S/C8H6BIN2OS/c1-11-4-6(9)5-2-3-12(14-10)7(5)8(11)13/h2-4H,1H3. The summed E-state index contributed by atoms with van der Waals surface area (Å²) in [5.74, 6) is 0. The highest BCUT2D eigenvalue weighted by Crippen LogP contribution is 2.20. The van der Waals surface area contributed by atoms with Crippen molar-refractivity contribution in [2.75, 3.05) is 0 Å². The molecule has 2 rings (SSSR count). The molecule has 0 aliphatic rings. The summed E-state index contributed by atoms with van der Waals surface area (Å²) in [4.78, 5) is 11.8. The first-order valence-electron chi connectivity index (χ1n) is 3.90. The summed E-state index contributed by atoms with van der Waals surface area (Å²) in [6.45, 7) is 0. The summed E-state index contributed by atoms with van der Waals surface area (Å²) in [5, 5.41) is 0.817. The van der Waals surface area contributed by atoms with Gasteiger partial charge >= 0.3 is 0 Å². The maximum absolute atomic E-state index is 11.8. The summed E-state index contributed by atoms with van der Waals surface area (Å²) in [7, 11) is 8.97. The summed E-state index contributed by atoms with van der Waals surface area (Å²) < 4.78 is 3.32. The fourth-order valence-electron chi connectivity index (χ4n) is 1.42. The highest BCUT2D eigenvalue weighted by atomic mass is 127. The molecular formula is C8H6BIN2OS. The van der Waals surface area contributed by atoms with Gasteiger partial charge in [0.1, 0.15) is 13.4 Å². The predicted molar refractivity (Wildman–Crippen MR) is 69.6 cm³/mol. The number of halogens is 1. The summed E-state index contributed by atoms with van der Waals surface area (Å²) in [6.07, 6.45) is 3.49. The third kappa shape index (κ3) is 1.40. The molecule has 6 heteroatoms. The van der Waals surface area contributed by atoms with E-state index in [9.17, 15) is 4.79 Å². The van der Waals surface area contributed by atoms with Gasteiger partial charge in [-0.25, -0.2) is 0 Å². The fraction of sp³-hybridized carbons (Fsp3) is 0.125. The van der Waals surface area contributed by atoms with Gasteiger partial charge in [-0.1, -0.05) is 5.46 Å². The van der Waals surface area contributed by atoms with Gasteiger partial charge in [-0.05, 0) is 6.07 Å². The molecule has 0 fully saturated rings. The summed E-state index contributed by atoms with van der Waals surface area (Å²) in [5.41, 5.74) is 1.25. The van der Waals surface area contributed by atoms with Gasteiger partial charge in [0.15, 0.2) is 0 Å². The molecule has 3 nitrogen and oxygen atoms in total. The molecule has 0 spiro atoms. The largest absolute Gasteiger partial charge is 0.317 e. The molecule has 0 unspecified atom stereocenters. The van der Waals surface area contributed by atoms with Crippen LogP contribution in [-0.4, -0.2) is 16.4 Å². The minimum absolute atomic E-state index is 0.0247. The van der Waals surface area contributed by atoms with Crippen LogP contribution in [0.5, 0.6) is 0 Å². The highest BCUT2D eigenvalue weighted by molar-refractivity contribution is 14.2. The van der Waals surface area contributed by atoms with E-state index >= 15 is 0 Å². The first kappa shape index (κ1) is 10.2. The molecule has 0 saturated heterocycles. The lowest BCUT2D eigenvalue weighted by atomic mass is 9.95. The molecule has 2 radical (unpaired) electrons. The van der Waals surface area contributed by atoms with E-state index < -0.39 is 0 Å². The van der Waals surface area contributed by atoms with Crippen molar-refractivity contribution in [3.63, 3.8) is 0 Å². The quantitative estimate of drug-likeness (QED) is 0.579. The van der Waals surface area contributed by atoms with Gasteiger partial charge < -0.3 is 4.57 Å². The van der Waals surface area contributed by atoms with Crippen molar-refractivity contribution in [3.05, 3.63) is 28.8 Å². The molecule has 0 aliphatic heterocycles. The third-order valence-electron chi connectivity index (χ3n) is 2.09. The number of hydrogen-bond donors (Lipinski definition) is 0. The van der Waals surface area contributed by atoms with E-state index in [4.69, 9.17) is 7.85 Å². The van der Waals surface area contributed by atoms with Crippen LogP contribution in [0.3, 0.4) is 0 Å². The van der Waals surface area contributed by atoms with E-state index in [2.05, 4.69) is 21.2 Å². The van der Waals surface area contributed by atoms with Crippen molar-refractivity contribution in [2.45, 2.75) is 0 Å². The SMILES string of the molecule is [B]c1cn(C)c(=O)c2c1ccn2SI. The Hall–Kier alpha value is -0.365. The van der Waals surface area contributed by atoms with Crippen molar-refractivity contribution in [1.82, 2.24) is 8.54 Å². The molecule has 0 aromatic carbocycles. The van der Waals surface area contributed by atoms with E-state index in [-0.39, 0.29) is 5.56 Å². The maximum Gasteiger partial charge on any atom is 0.275 e. The molecule has 14 heavy (non-hydrogen) atoms. The van der Waals surface area contributed by atoms with Gasteiger partial charge in [0.2, 0.25) is 0 Å². The molecule has 0 N–H and O–H groups in total. The van der Waals surface area contributed by atoms with Crippen LogP contribution in [0.25, 0.3) is 10.9 Å². The van der Waals surface area contributed by atoms with Crippen LogP contribution < -0.4 is 11.0 Å². The van der Waals surface area contributed by atoms with Crippen LogP contribution >= 0.6 is 30.3 Å². The van der Waals surface area contributed by atoms with Crippen LogP contribution in [-0.2, 0) is 7.05 Å². The predicted octanol–water partition coefficient (Wildman–Crippen LogP) is 0.980. The Kier molecular flexibility index (Phi) is 2.65. The Morgan fingerprint density at radius 3 is 2.93 bits per heavy atom. The molecule has 2 heterocycles. The second kappa shape index (κ2) is 3.65. The number of hydrogen-bond acceptors (Lipinski definition) is 2. The number of aryl methyl sites for hydroxylation is 1. The average Bonchev–Trinajstić information content (AvgIpc) is 2.58. The van der Waals surface area contributed by atoms with Crippen LogP contribution in [0.1, 0.15) is 0 Å². The molecular weight excluding hydrogens is 310 g/mol. The van der Waals surface area contributed by atoms with Crippen LogP contribution in [0.4, 0.5) is 0 Å². The lowest BCUT2D eigenvalue weighted by molar-refractivity contribution is 0.874. The zero-order chi connectivity index (χ0) is 10.3. The number of pyridine rings is 1. The Morgan fingerprint density at radius 1 is 1.57 bits per heavy atom. The molecule has 0 bridgehead atoms. The third-order valence-corrected chi connectivity index (χ3v) is 3.82. The molecule has 0 atom stereocenters. The second-order valence-corrected chi connectivity index (χ2v) is 4.69. The lowest BCUT2D eigenvalue weighted by Crippen LogP contribution is -2.23. The summed E-state index contributed by atoms with van der Waals surface area (Å²) in [6, 6.07) is 1.86. The number of rotatable bonds is 1. The summed E-state index contributed by atoms with van der Waals surface area (Å²) >= 11 is 2.13. The van der Waals surface area contributed by atoms with E-state index in [1.165, 1.54) is 13.7 Å². The van der Waals surface area contributed by atoms with Crippen LogP contribution in [0.2, 0.25) is 0 Å². The van der Waals surface area contributed by atoms with Crippen molar-refractivity contribution >= 4 is 54.5 Å². The number of nitrogens with zero attached hydrogens (tertiary/aromatic N) is 2. The number of aromatic nitrogens is 2. The molecule has 0 aliphatic carbocycles. The van der Waals surface area contributed by atoms with Gasteiger partial charge in [-0.15, -0.1) is 0 Å². The van der Waals surface area contributed by atoms with Gasteiger partial charge in [0.25, 0.3) is 5.56 Å². The number of fused-ring (bicyclic) bond motifs is 1. The maximum atomic E-state index is 11.8. The van der Waals surface area contributed by atoms with E-state index in [1.54, 1.807) is 13.2 Å². The van der Waals surface area contributed by atoms with Crippen molar-refractivity contribution in [3.8, 4) is 0 Å². The first-order valence-corrected chi connectivity index (χ1v) is 7.22. The molecule has 0 saturated carbocycles. The van der Waals surface area contributed by atoms with E-state index in [1.807, 2.05) is 16.2 Å². The van der Waals surface area contributed by atoms with E-state index in [0.717, 1.165) is 5.39 Å². The zero-order valence-corrected chi connectivity index (χ0v) is 10.4. The van der Waals surface area contributed by atoms with Gasteiger partial charge in [-0.2, -0.15) is 0 Å². The normalized spacial score (nSPS) is 11.0. The topological polar surface area (TPSA) is 26.9 Å². The average molecular weight is 316 g/mol. The van der Waals surface area contributed by atoms with E-state index in [0.29, 0.717) is 11.0 Å². The lowest BCUT2D eigenvalue weighted by Gasteiger charge is -2.03. The Labute approximate surface area is 98.6 Å². The minimum Gasteiger partial charge on any atom is -0.317 e. The van der Waals surface area contributed by atoms with Crippen molar-refractivity contribution < 1.29 is 0 Å². The smallest absolute Gasteiger partial charge is 0.275 e. The Balaban J connectivity index is 2.99. The van der Waals surface area contributed by atoms with Gasteiger partial charge in [0, 0.05) is 55.2 Å². The Bertz CT molecular complexity index is 548. The molecule has 2 aromatic rings. The second-order valence-electron chi connectivity index (χ2n) is 2.97. The van der Waals surface area contributed by atoms with Crippen LogP contribution in [0.15, 0.2) is 23.3 Å². The first-order chi connectivity index (χ1) is 6.65. The molecule has 2 aromatic heterocycles.